The molecular formula is C17H15BrF4N2O2. The highest BCUT2D eigenvalue weighted by Gasteiger charge is 2.42. The molecule has 140 valence electrons. The van der Waals surface area contributed by atoms with Crippen molar-refractivity contribution in [1.82, 2.24) is 9.88 Å². The summed E-state index contributed by atoms with van der Waals surface area (Å²) in [6, 6.07) is 1.88. The monoisotopic (exact) mass is 434 g/mol. The number of pyridine rings is 1. The molecule has 0 aliphatic carbocycles. The molecule has 2 aromatic rings. The minimum absolute atomic E-state index is 0.171. The molecule has 2 atom stereocenters. The van der Waals surface area contributed by atoms with E-state index in [4.69, 9.17) is 0 Å². The third kappa shape index (κ3) is 3.64. The number of nitrogens with zero attached hydrogens (tertiary/aromatic N) is 2. The van der Waals surface area contributed by atoms with Crippen LogP contribution in [0.25, 0.3) is 0 Å². The number of alkyl halides is 3. The predicted octanol–water partition coefficient (Wildman–Crippen LogP) is 4.29. The lowest BCUT2D eigenvalue weighted by Crippen LogP contribution is -2.47. The zero-order valence-corrected chi connectivity index (χ0v) is 15.1. The van der Waals surface area contributed by atoms with Crippen LogP contribution in [-0.4, -0.2) is 38.9 Å². The summed E-state index contributed by atoms with van der Waals surface area (Å²) in [5, 5.41) is 19.5. The van der Waals surface area contributed by atoms with Gasteiger partial charge < -0.3 is 10.2 Å². The third-order valence-electron chi connectivity index (χ3n) is 4.40. The number of aromatic nitrogens is 1. The first-order chi connectivity index (χ1) is 12.1. The summed E-state index contributed by atoms with van der Waals surface area (Å²) in [6.45, 7) is 0.347. The molecule has 0 spiro atoms. The van der Waals surface area contributed by atoms with Gasteiger partial charge in [0.2, 0.25) is 0 Å². The highest BCUT2D eigenvalue weighted by atomic mass is 79.9. The molecule has 0 bridgehead atoms. The molecular weight excluding hydrogens is 420 g/mol. The summed E-state index contributed by atoms with van der Waals surface area (Å²) in [4.78, 5) is 5.10. The fourth-order valence-electron chi connectivity index (χ4n) is 3.32. The van der Waals surface area contributed by atoms with E-state index in [-0.39, 0.29) is 23.4 Å². The number of hydrogen-bond donors (Lipinski definition) is 2. The minimum Gasteiger partial charge on any atom is -0.504 e. The van der Waals surface area contributed by atoms with Crippen LogP contribution in [0.15, 0.2) is 28.9 Å². The van der Waals surface area contributed by atoms with Crippen molar-refractivity contribution in [2.45, 2.75) is 31.6 Å². The van der Waals surface area contributed by atoms with E-state index in [1.165, 1.54) is 18.3 Å². The number of rotatable bonds is 2. The predicted molar refractivity (Wildman–Crippen MR) is 89.4 cm³/mol. The number of phenolic OH excluding ortho intramolecular Hbond substituents is 2. The van der Waals surface area contributed by atoms with E-state index in [9.17, 15) is 27.8 Å². The highest BCUT2D eigenvalue weighted by Crippen LogP contribution is 2.43. The summed E-state index contributed by atoms with van der Waals surface area (Å²) in [7, 11) is 0. The van der Waals surface area contributed by atoms with Gasteiger partial charge >= 0.3 is 6.18 Å². The second-order valence-electron chi connectivity index (χ2n) is 6.30. The Morgan fingerprint density at radius 2 is 1.88 bits per heavy atom. The van der Waals surface area contributed by atoms with E-state index >= 15 is 0 Å². The number of fused-ring (bicyclic) bond motifs is 1. The van der Waals surface area contributed by atoms with Gasteiger partial charge in [-0.15, -0.1) is 0 Å². The third-order valence-corrected chi connectivity index (χ3v) is 4.83. The van der Waals surface area contributed by atoms with Crippen molar-refractivity contribution in [3.63, 3.8) is 0 Å². The van der Waals surface area contributed by atoms with Crippen LogP contribution in [0, 0.1) is 5.82 Å². The van der Waals surface area contributed by atoms with E-state index < -0.39 is 36.4 Å². The lowest BCUT2D eigenvalue weighted by molar-refractivity contribution is -0.155. The standard InChI is InChI=1S/C17H15BrF4N2O2/c1-8-2-9-3-13(25)14(26)5-11(9)16(24(8)7-17(20,21)22)15-12(19)4-10(18)6-23-15/h3-6,8,16,25-26H,2,7H2,1H3/t8-,16+/m1/s1. The van der Waals surface area contributed by atoms with Gasteiger partial charge in [-0.1, -0.05) is 0 Å². The zero-order valence-electron chi connectivity index (χ0n) is 13.6. The van der Waals surface area contributed by atoms with E-state index in [2.05, 4.69) is 20.9 Å². The van der Waals surface area contributed by atoms with Crippen LogP contribution in [0.3, 0.4) is 0 Å². The summed E-state index contributed by atoms with van der Waals surface area (Å²) in [5.74, 6) is -1.61. The van der Waals surface area contributed by atoms with Crippen molar-refractivity contribution in [2.75, 3.05) is 6.54 Å². The lowest BCUT2D eigenvalue weighted by atomic mass is 9.86. The fraction of sp³-hybridized carbons (Fsp3) is 0.353. The summed E-state index contributed by atoms with van der Waals surface area (Å²) in [5.41, 5.74) is 0.659. The second-order valence-corrected chi connectivity index (χ2v) is 7.22. The van der Waals surface area contributed by atoms with E-state index in [1.54, 1.807) is 6.92 Å². The molecule has 0 saturated heterocycles. The maximum Gasteiger partial charge on any atom is 0.401 e. The van der Waals surface area contributed by atoms with Crippen molar-refractivity contribution < 1.29 is 27.8 Å². The van der Waals surface area contributed by atoms with Gasteiger partial charge in [0, 0.05) is 16.7 Å². The average Bonchev–Trinajstić information content (AvgIpc) is 2.50. The Morgan fingerprint density at radius 1 is 1.23 bits per heavy atom. The molecule has 1 aromatic carbocycles. The van der Waals surface area contributed by atoms with Crippen LogP contribution in [0.1, 0.15) is 29.8 Å². The molecule has 2 N–H and O–H groups in total. The Labute approximate surface area is 155 Å². The van der Waals surface area contributed by atoms with Gasteiger partial charge in [-0.2, -0.15) is 13.2 Å². The fourth-order valence-corrected chi connectivity index (χ4v) is 3.62. The van der Waals surface area contributed by atoms with Crippen molar-refractivity contribution >= 4 is 15.9 Å². The number of benzene rings is 1. The molecule has 1 aromatic heterocycles. The first-order valence-electron chi connectivity index (χ1n) is 7.75. The number of aromatic hydroxyl groups is 2. The lowest BCUT2D eigenvalue weighted by Gasteiger charge is -2.42. The van der Waals surface area contributed by atoms with Gasteiger partial charge in [-0.25, -0.2) is 4.39 Å². The molecule has 2 heterocycles. The van der Waals surface area contributed by atoms with Gasteiger partial charge in [-0.3, -0.25) is 9.88 Å². The Hall–Kier alpha value is -1.87. The van der Waals surface area contributed by atoms with Crippen molar-refractivity contribution in [3.05, 3.63) is 51.5 Å². The molecule has 26 heavy (non-hydrogen) atoms. The average molecular weight is 435 g/mol. The molecule has 0 radical (unpaired) electrons. The van der Waals surface area contributed by atoms with Crippen molar-refractivity contribution in [2.24, 2.45) is 0 Å². The van der Waals surface area contributed by atoms with Crippen LogP contribution in [0.2, 0.25) is 0 Å². The number of phenols is 2. The largest absolute Gasteiger partial charge is 0.504 e. The topological polar surface area (TPSA) is 56.6 Å². The maximum atomic E-state index is 14.5. The van der Waals surface area contributed by atoms with Gasteiger partial charge in [0.05, 0.1) is 18.3 Å². The van der Waals surface area contributed by atoms with Crippen LogP contribution in [-0.2, 0) is 6.42 Å². The Morgan fingerprint density at radius 3 is 2.50 bits per heavy atom. The smallest absolute Gasteiger partial charge is 0.401 e. The first kappa shape index (κ1) is 18.9. The van der Waals surface area contributed by atoms with Crippen LogP contribution >= 0.6 is 15.9 Å². The van der Waals surface area contributed by atoms with E-state index in [1.807, 2.05) is 0 Å². The summed E-state index contributed by atoms with van der Waals surface area (Å²) >= 11 is 3.08. The number of halogens is 5. The highest BCUT2D eigenvalue weighted by molar-refractivity contribution is 9.10. The van der Waals surface area contributed by atoms with Crippen LogP contribution in [0.5, 0.6) is 11.5 Å². The van der Waals surface area contributed by atoms with Gasteiger partial charge in [0.15, 0.2) is 11.5 Å². The molecule has 0 unspecified atom stereocenters. The zero-order chi connectivity index (χ0) is 19.2. The minimum atomic E-state index is -4.49. The molecule has 0 fully saturated rings. The van der Waals surface area contributed by atoms with Gasteiger partial charge in [0.25, 0.3) is 0 Å². The SMILES string of the molecule is C[C@@H]1Cc2cc(O)c(O)cc2[C@@H](c2ncc(Br)cc2F)N1CC(F)(F)F. The molecule has 0 amide bonds. The Kier molecular flexibility index (Phi) is 4.87. The molecule has 3 rings (SSSR count). The van der Waals surface area contributed by atoms with Crippen LogP contribution < -0.4 is 0 Å². The van der Waals surface area contributed by atoms with Crippen molar-refractivity contribution in [1.29, 1.82) is 0 Å². The molecule has 9 heteroatoms. The molecule has 1 aliphatic rings. The first-order valence-corrected chi connectivity index (χ1v) is 8.54. The van der Waals surface area contributed by atoms with Crippen LogP contribution in [0.4, 0.5) is 17.6 Å². The molecule has 1 aliphatic heterocycles. The summed E-state index contributed by atoms with van der Waals surface area (Å²) in [6.07, 6.45) is -2.97. The summed E-state index contributed by atoms with van der Waals surface area (Å²) < 4.78 is 54.3. The Balaban J connectivity index is 2.20. The van der Waals surface area contributed by atoms with E-state index in [0.717, 1.165) is 11.0 Å². The second kappa shape index (κ2) is 6.70. The van der Waals surface area contributed by atoms with Crippen molar-refractivity contribution in [3.8, 4) is 11.5 Å². The van der Waals surface area contributed by atoms with E-state index in [0.29, 0.717) is 10.0 Å². The normalized spacial score (nSPS) is 20.8. The molecule has 4 nitrogen and oxygen atoms in total. The van der Waals surface area contributed by atoms with Gasteiger partial charge in [-0.05, 0) is 58.6 Å². The Bertz CT molecular complexity index is 844. The maximum absolute atomic E-state index is 14.5. The quantitative estimate of drug-likeness (QED) is 0.546. The van der Waals surface area contributed by atoms with Gasteiger partial charge in [0.1, 0.15) is 5.82 Å². The number of hydrogen-bond acceptors (Lipinski definition) is 4. The molecule has 0 saturated carbocycles.